The molecule has 4 atom stereocenters. The fraction of sp³-hybridized carbons (Fsp3) is 0.667. The van der Waals surface area contributed by atoms with Crippen LogP contribution in [0.2, 0.25) is 0 Å². The van der Waals surface area contributed by atoms with Gasteiger partial charge in [0.2, 0.25) is 15.9 Å². The number of aromatic nitrogens is 1. The molecule has 3 fully saturated rings. The molecule has 1 aromatic carbocycles. The molecular weight excluding hydrogens is 608 g/mol. The van der Waals surface area contributed by atoms with Gasteiger partial charge in [0.25, 0.3) is 11.5 Å². The van der Waals surface area contributed by atoms with E-state index in [1.807, 2.05) is 50.1 Å². The molecule has 2 unspecified atom stereocenters. The van der Waals surface area contributed by atoms with Gasteiger partial charge in [-0.1, -0.05) is 18.2 Å². The van der Waals surface area contributed by atoms with E-state index in [9.17, 15) is 27.9 Å². The molecule has 0 saturated carbocycles. The third kappa shape index (κ3) is 7.82. The van der Waals surface area contributed by atoms with Crippen LogP contribution in [0.4, 0.5) is 0 Å². The fourth-order valence-corrected chi connectivity index (χ4v) is 8.99. The first-order valence-electron chi connectivity index (χ1n) is 16.6. The first-order valence-corrected chi connectivity index (χ1v) is 18.3. The highest BCUT2D eigenvalue weighted by Gasteiger charge is 2.42. The molecule has 0 aliphatic carbocycles. The molecular formula is C33H50N6O6S. The third-order valence-corrected chi connectivity index (χ3v) is 11.9. The number of aliphatic hydroxyl groups excluding tert-OH is 1. The monoisotopic (exact) mass is 658 g/mol. The Kier molecular flexibility index (Phi) is 10.9. The van der Waals surface area contributed by atoms with Crippen LogP contribution < -0.4 is 10.9 Å². The van der Waals surface area contributed by atoms with E-state index < -0.39 is 16.1 Å². The lowest BCUT2D eigenvalue weighted by Crippen LogP contribution is -2.54. The van der Waals surface area contributed by atoms with Crippen LogP contribution in [0.3, 0.4) is 0 Å². The van der Waals surface area contributed by atoms with Crippen LogP contribution in [0.5, 0.6) is 0 Å². The van der Waals surface area contributed by atoms with Crippen molar-refractivity contribution in [2.45, 2.75) is 83.1 Å². The summed E-state index contributed by atoms with van der Waals surface area (Å²) >= 11 is 0. The largest absolute Gasteiger partial charge is 0.390 e. The van der Waals surface area contributed by atoms with Gasteiger partial charge < -0.3 is 24.8 Å². The molecule has 0 radical (unpaired) electrons. The second kappa shape index (κ2) is 14.5. The number of piperidine rings is 1. The minimum absolute atomic E-state index is 0.0587. The van der Waals surface area contributed by atoms with Crippen LogP contribution >= 0.6 is 0 Å². The van der Waals surface area contributed by atoms with E-state index in [4.69, 9.17) is 0 Å². The Morgan fingerprint density at radius 2 is 1.78 bits per heavy atom. The molecule has 3 aliphatic rings. The molecule has 1 aromatic heterocycles. The Morgan fingerprint density at radius 3 is 2.41 bits per heavy atom. The molecule has 3 aliphatic heterocycles. The average molecular weight is 659 g/mol. The van der Waals surface area contributed by atoms with Crippen molar-refractivity contribution < 1.29 is 23.1 Å². The number of fused-ring (bicyclic) bond motifs is 3. The number of hydrogen-bond acceptors (Lipinski definition) is 8. The van der Waals surface area contributed by atoms with Crippen LogP contribution in [0.1, 0.15) is 69.3 Å². The summed E-state index contributed by atoms with van der Waals surface area (Å²) in [6, 6.07) is 9.59. The van der Waals surface area contributed by atoms with Crippen molar-refractivity contribution in [1.82, 2.24) is 28.9 Å². The Morgan fingerprint density at radius 1 is 1.09 bits per heavy atom. The summed E-state index contributed by atoms with van der Waals surface area (Å²) in [7, 11) is -1.21. The number of pyridine rings is 1. The van der Waals surface area contributed by atoms with Gasteiger partial charge in [-0.15, -0.1) is 0 Å². The van der Waals surface area contributed by atoms with E-state index in [-0.39, 0.29) is 59.4 Å². The number of rotatable bonds is 13. The summed E-state index contributed by atoms with van der Waals surface area (Å²) in [6.45, 7) is 8.69. The van der Waals surface area contributed by atoms with Gasteiger partial charge in [0.05, 0.1) is 17.4 Å². The van der Waals surface area contributed by atoms with E-state index in [1.54, 1.807) is 15.5 Å². The summed E-state index contributed by atoms with van der Waals surface area (Å²) in [4.78, 5) is 45.2. The Labute approximate surface area is 272 Å². The van der Waals surface area contributed by atoms with Crippen LogP contribution in [-0.4, -0.2) is 132 Å². The summed E-state index contributed by atoms with van der Waals surface area (Å²) in [6.07, 6.45) is 3.40. The molecule has 4 heterocycles. The van der Waals surface area contributed by atoms with Gasteiger partial charge >= 0.3 is 0 Å². The summed E-state index contributed by atoms with van der Waals surface area (Å²) in [5.74, 6) is -0.233. The maximum Gasteiger partial charge on any atom is 0.264 e. The first kappa shape index (κ1) is 34.5. The SMILES string of the molecule is CC(=O)N(CCN(C)CCN1CCCS1(=O)=O)CC(O)CN1[C@@H]2CC[C@H]1CC(NC(=O)c1cc3ccccc3n(C(C)C)c1=O)C2. The lowest BCUT2D eigenvalue weighted by Gasteiger charge is -2.40. The zero-order valence-electron chi connectivity index (χ0n) is 27.6. The van der Waals surface area contributed by atoms with Crippen LogP contribution in [0, 0.1) is 0 Å². The number of hydrogen-bond donors (Lipinski definition) is 2. The van der Waals surface area contributed by atoms with Crippen molar-refractivity contribution in [1.29, 1.82) is 0 Å². The Balaban J connectivity index is 1.13. The quantitative estimate of drug-likeness (QED) is 0.331. The predicted molar refractivity (Wildman–Crippen MR) is 178 cm³/mol. The summed E-state index contributed by atoms with van der Waals surface area (Å²) < 4.78 is 27.3. The zero-order chi connectivity index (χ0) is 33.2. The van der Waals surface area contributed by atoms with E-state index in [0.717, 1.165) is 36.6 Å². The number of para-hydroxylation sites is 1. The highest BCUT2D eigenvalue weighted by atomic mass is 32.2. The van der Waals surface area contributed by atoms with Gasteiger partial charge in [-0.3, -0.25) is 19.3 Å². The molecule has 254 valence electrons. The van der Waals surface area contributed by atoms with E-state index in [1.165, 1.54) is 11.2 Å². The molecule has 3 saturated heterocycles. The minimum Gasteiger partial charge on any atom is -0.390 e. The van der Waals surface area contributed by atoms with Gasteiger partial charge in [-0.25, -0.2) is 12.7 Å². The first-order chi connectivity index (χ1) is 21.8. The summed E-state index contributed by atoms with van der Waals surface area (Å²) in [5.41, 5.74) is 0.693. The minimum atomic E-state index is -3.13. The normalized spacial score (nSPS) is 23.8. The van der Waals surface area contributed by atoms with Crippen molar-refractivity contribution >= 4 is 32.7 Å². The van der Waals surface area contributed by atoms with Crippen LogP contribution in [-0.2, 0) is 14.8 Å². The lowest BCUT2D eigenvalue weighted by molar-refractivity contribution is -0.130. The number of nitrogens with one attached hydrogen (secondary N) is 1. The second-order valence-electron chi connectivity index (χ2n) is 13.6. The number of carbonyl (C=O) groups excluding carboxylic acids is 2. The maximum atomic E-state index is 13.4. The second-order valence-corrected chi connectivity index (χ2v) is 15.7. The maximum absolute atomic E-state index is 13.4. The standard InChI is InChI=1S/C33H50N6O6S/c1-23(2)39-31-9-6-5-8-25(31)18-30(33(39)43)32(42)34-26-19-27-10-11-28(20-26)38(27)22-29(41)21-36(24(3)40)15-13-35(4)14-16-37-12-7-17-46(37,44)45/h5-6,8-9,18,23,26-29,41H,7,10-17,19-22H2,1-4H3,(H,34,42)/t26?,27-,28+,29?. The van der Waals surface area contributed by atoms with E-state index in [0.29, 0.717) is 45.7 Å². The lowest BCUT2D eigenvalue weighted by atomic mass is 9.96. The molecule has 0 spiro atoms. The number of sulfonamides is 1. The van der Waals surface area contributed by atoms with E-state index in [2.05, 4.69) is 10.2 Å². The molecule has 13 heteroatoms. The number of nitrogens with zero attached hydrogens (tertiary/aromatic N) is 5. The topological polar surface area (TPSA) is 136 Å². The van der Waals surface area contributed by atoms with Gasteiger partial charge in [-0.05, 0) is 70.5 Å². The van der Waals surface area contributed by atoms with Crippen molar-refractivity contribution in [3.8, 4) is 0 Å². The smallest absolute Gasteiger partial charge is 0.264 e. The predicted octanol–water partition coefficient (Wildman–Crippen LogP) is 1.48. The molecule has 2 bridgehead atoms. The summed E-state index contributed by atoms with van der Waals surface area (Å²) in [5, 5.41) is 15.1. The van der Waals surface area contributed by atoms with Gasteiger partial charge in [0, 0.05) is 76.9 Å². The van der Waals surface area contributed by atoms with Crippen LogP contribution in [0.15, 0.2) is 35.1 Å². The third-order valence-electron chi connectivity index (χ3n) is 9.91. The van der Waals surface area contributed by atoms with Gasteiger partial charge in [0.15, 0.2) is 0 Å². The van der Waals surface area contributed by atoms with Crippen molar-refractivity contribution in [2.24, 2.45) is 0 Å². The van der Waals surface area contributed by atoms with Gasteiger partial charge in [-0.2, -0.15) is 0 Å². The number of aliphatic hydroxyl groups is 1. The highest BCUT2D eigenvalue weighted by Crippen LogP contribution is 2.36. The van der Waals surface area contributed by atoms with Crippen LogP contribution in [0.25, 0.3) is 10.9 Å². The van der Waals surface area contributed by atoms with Gasteiger partial charge in [0.1, 0.15) is 5.56 Å². The number of benzene rings is 1. The Bertz CT molecular complexity index is 1560. The average Bonchev–Trinajstić information content (AvgIpc) is 3.44. The molecule has 2 N–H and O–H groups in total. The van der Waals surface area contributed by atoms with Crippen molar-refractivity contribution in [3.05, 3.63) is 46.2 Å². The fourth-order valence-electron chi connectivity index (χ4n) is 7.47. The Hall–Kier alpha value is -2.84. The number of amides is 2. The zero-order valence-corrected chi connectivity index (χ0v) is 28.4. The molecule has 2 aromatic rings. The molecule has 2 amide bonds. The molecule has 5 rings (SSSR count). The highest BCUT2D eigenvalue weighted by molar-refractivity contribution is 7.89. The molecule has 46 heavy (non-hydrogen) atoms. The van der Waals surface area contributed by atoms with E-state index >= 15 is 0 Å². The van der Waals surface area contributed by atoms with Crippen molar-refractivity contribution in [3.63, 3.8) is 0 Å². The molecule has 12 nitrogen and oxygen atoms in total. The van der Waals surface area contributed by atoms with Crippen molar-refractivity contribution in [2.75, 3.05) is 58.6 Å². The number of carbonyl (C=O) groups is 2. The number of likely N-dealkylation sites (N-methyl/N-ethyl adjacent to an activating group) is 1.